The lowest BCUT2D eigenvalue weighted by Gasteiger charge is -2.32. The van der Waals surface area contributed by atoms with Crippen molar-refractivity contribution in [1.29, 1.82) is 0 Å². The van der Waals surface area contributed by atoms with Crippen LogP contribution in [0.4, 0.5) is 0 Å². The molecule has 0 saturated carbocycles. The van der Waals surface area contributed by atoms with Crippen LogP contribution in [-0.4, -0.2) is 18.1 Å². The number of halogens is 1. The molecule has 0 aromatic carbocycles. The summed E-state index contributed by atoms with van der Waals surface area (Å²) >= 11 is 5.94. The lowest BCUT2D eigenvalue weighted by atomic mass is 9.88. The molecule has 15 heavy (non-hydrogen) atoms. The van der Waals surface area contributed by atoms with Gasteiger partial charge in [-0.2, -0.15) is 0 Å². The van der Waals surface area contributed by atoms with Crippen LogP contribution >= 0.6 is 11.6 Å². The van der Waals surface area contributed by atoms with E-state index in [1.165, 1.54) is 5.56 Å². The number of nitrogens with zero attached hydrogens (tertiary/aromatic N) is 1. The number of ether oxygens (including phenoxy) is 1. The normalized spacial score (nSPS) is 23.0. The Bertz CT molecular complexity index is 383. The Balaban J connectivity index is 2.05. The van der Waals surface area contributed by atoms with Gasteiger partial charge in [0.1, 0.15) is 10.8 Å². The standard InChI is InChI=1S/C11H13ClN2O/c12-9-2-1-8-7-15-11(10(8)14-9)3-5-13-6-4-11/h1-2,13H,3-7H2. The van der Waals surface area contributed by atoms with Crippen molar-refractivity contribution in [3.8, 4) is 0 Å². The monoisotopic (exact) mass is 224 g/mol. The highest BCUT2D eigenvalue weighted by Gasteiger charge is 2.42. The van der Waals surface area contributed by atoms with Crippen LogP contribution in [-0.2, 0) is 16.9 Å². The highest BCUT2D eigenvalue weighted by atomic mass is 35.5. The Labute approximate surface area is 93.8 Å². The van der Waals surface area contributed by atoms with Gasteiger partial charge in [-0.15, -0.1) is 0 Å². The largest absolute Gasteiger partial charge is 0.364 e. The van der Waals surface area contributed by atoms with Crippen molar-refractivity contribution >= 4 is 11.6 Å². The van der Waals surface area contributed by atoms with E-state index in [2.05, 4.69) is 10.3 Å². The van der Waals surface area contributed by atoms with Crippen LogP contribution in [0.2, 0.25) is 5.15 Å². The predicted octanol–water partition coefficient (Wildman–Crippen LogP) is 1.84. The number of pyridine rings is 1. The van der Waals surface area contributed by atoms with Crippen LogP contribution < -0.4 is 5.32 Å². The summed E-state index contributed by atoms with van der Waals surface area (Å²) in [5, 5.41) is 3.91. The number of hydrogen-bond acceptors (Lipinski definition) is 3. The molecule has 1 spiro atoms. The van der Waals surface area contributed by atoms with Crippen LogP contribution in [0.3, 0.4) is 0 Å². The van der Waals surface area contributed by atoms with Crippen LogP contribution in [0.1, 0.15) is 24.1 Å². The Kier molecular flexibility index (Phi) is 2.20. The van der Waals surface area contributed by atoms with E-state index in [1.54, 1.807) is 0 Å². The Morgan fingerprint density at radius 3 is 2.93 bits per heavy atom. The molecule has 0 unspecified atom stereocenters. The minimum Gasteiger partial charge on any atom is -0.364 e. The summed E-state index contributed by atoms with van der Waals surface area (Å²) in [5.74, 6) is 0. The molecule has 1 N–H and O–H groups in total. The number of piperidine rings is 1. The van der Waals surface area contributed by atoms with Crippen LogP contribution in [0.5, 0.6) is 0 Å². The minimum absolute atomic E-state index is 0.161. The number of nitrogens with one attached hydrogen (secondary N) is 1. The molecule has 2 aliphatic heterocycles. The Morgan fingerprint density at radius 1 is 1.33 bits per heavy atom. The molecule has 1 saturated heterocycles. The molecule has 0 bridgehead atoms. The summed E-state index contributed by atoms with van der Waals surface area (Å²) in [5.41, 5.74) is 2.10. The molecule has 2 aliphatic rings. The van der Waals surface area contributed by atoms with Gasteiger partial charge < -0.3 is 10.1 Å². The summed E-state index contributed by atoms with van der Waals surface area (Å²) in [6.45, 7) is 2.67. The SMILES string of the molecule is Clc1ccc2c(n1)C1(CCNCC1)OC2. The Hall–Kier alpha value is -0.640. The van der Waals surface area contributed by atoms with Gasteiger partial charge in [-0.25, -0.2) is 4.98 Å². The van der Waals surface area contributed by atoms with E-state index in [1.807, 2.05) is 12.1 Å². The molecule has 80 valence electrons. The molecule has 0 aliphatic carbocycles. The molecule has 1 fully saturated rings. The lowest BCUT2D eigenvalue weighted by Crippen LogP contribution is -2.40. The highest BCUT2D eigenvalue weighted by Crippen LogP contribution is 2.41. The second kappa shape index (κ2) is 3.44. The zero-order chi connectivity index (χ0) is 10.3. The lowest BCUT2D eigenvalue weighted by molar-refractivity contribution is -0.0611. The van der Waals surface area contributed by atoms with Gasteiger partial charge in [0.25, 0.3) is 0 Å². The van der Waals surface area contributed by atoms with E-state index in [4.69, 9.17) is 16.3 Å². The number of fused-ring (bicyclic) bond motifs is 2. The van der Waals surface area contributed by atoms with Gasteiger partial charge in [0.15, 0.2) is 0 Å². The molecular formula is C11H13ClN2O. The average Bonchev–Trinajstić information content (AvgIpc) is 2.59. The summed E-state index contributed by atoms with van der Waals surface area (Å²) in [7, 11) is 0. The van der Waals surface area contributed by atoms with Gasteiger partial charge in [-0.1, -0.05) is 17.7 Å². The topological polar surface area (TPSA) is 34.2 Å². The molecular weight excluding hydrogens is 212 g/mol. The van der Waals surface area contributed by atoms with E-state index in [0.29, 0.717) is 11.8 Å². The molecule has 3 rings (SSSR count). The molecule has 3 heterocycles. The van der Waals surface area contributed by atoms with Crippen molar-refractivity contribution in [2.75, 3.05) is 13.1 Å². The first-order valence-electron chi connectivity index (χ1n) is 5.31. The number of hydrogen-bond donors (Lipinski definition) is 1. The van der Waals surface area contributed by atoms with E-state index in [0.717, 1.165) is 31.6 Å². The summed E-state index contributed by atoms with van der Waals surface area (Å²) < 4.78 is 5.95. The van der Waals surface area contributed by atoms with E-state index >= 15 is 0 Å². The van der Waals surface area contributed by atoms with Crippen molar-refractivity contribution in [3.63, 3.8) is 0 Å². The highest BCUT2D eigenvalue weighted by molar-refractivity contribution is 6.29. The second-order valence-corrected chi connectivity index (χ2v) is 4.56. The quantitative estimate of drug-likeness (QED) is 0.683. The van der Waals surface area contributed by atoms with E-state index in [-0.39, 0.29) is 5.60 Å². The van der Waals surface area contributed by atoms with Gasteiger partial charge in [-0.05, 0) is 32.0 Å². The fourth-order valence-corrected chi connectivity index (χ4v) is 2.62. The first-order chi connectivity index (χ1) is 7.30. The van der Waals surface area contributed by atoms with Gasteiger partial charge >= 0.3 is 0 Å². The van der Waals surface area contributed by atoms with Crippen LogP contribution in [0, 0.1) is 0 Å². The van der Waals surface area contributed by atoms with Crippen LogP contribution in [0.15, 0.2) is 12.1 Å². The third-order valence-electron chi connectivity index (χ3n) is 3.29. The maximum absolute atomic E-state index is 5.95. The van der Waals surface area contributed by atoms with Crippen molar-refractivity contribution < 1.29 is 4.74 Å². The molecule has 1 aromatic rings. The fourth-order valence-electron chi connectivity index (χ4n) is 2.47. The van der Waals surface area contributed by atoms with Crippen molar-refractivity contribution in [2.45, 2.75) is 25.0 Å². The number of aromatic nitrogens is 1. The van der Waals surface area contributed by atoms with Gasteiger partial charge in [0, 0.05) is 5.56 Å². The zero-order valence-electron chi connectivity index (χ0n) is 8.42. The maximum Gasteiger partial charge on any atom is 0.129 e. The van der Waals surface area contributed by atoms with Crippen molar-refractivity contribution in [1.82, 2.24) is 10.3 Å². The summed E-state index contributed by atoms with van der Waals surface area (Å²) in [6, 6.07) is 3.87. The van der Waals surface area contributed by atoms with E-state index in [9.17, 15) is 0 Å². The number of rotatable bonds is 0. The molecule has 4 heteroatoms. The molecule has 0 radical (unpaired) electrons. The zero-order valence-corrected chi connectivity index (χ0v) is 9.18. The van der Waals surface area contributed by atoms with Gasteiger partial charge in [0.2, 0.25) is 0 Å². The third-order valence-corrected chi connectivity index (χ3v) is 3.50. The molecule has 0 atom stereocenters. The van der Waals surface area contributed by atoms with Gasteiger partial charge in [0.05, 0.1) is 12.3 Å². The first-order valence-corrected chi connectivity index (χ1v) is 5.69. The summed E-state index contributed by atoms with van der Waals surface area (Å²) in [4.78, 5) is 4.44. The maximum atomic E-state index is 5.95. The molecule has 0 amide bonds. The Morgan fingerprint density at radius 2 is 2.13 bits per heavy atom. The second-order valence-electron chi connectivity index (χ2n) is 4.17. The first kappa shape index (κ1) is 9.58. The van der Waals surface area contributed by atoms with Crippen molar-refractivity contribution in [3.05, 3.63) is 28.5 Å². The van der Waals surface area contributed by atoms with Crippen molar-refractivity contribution in [2.24, 2.45) is 0 Å². The predicted molar refractivity (Wildman–Crippen MR) is 57.8 cm³/mol. The average molecular weight is 225 g/mol. The minimum atomic E-state index is -0.161. The summed E-state index contributed by atoms with van der Waals surface area (Å²) in [6.07, 6.45) is 1.99. The third kappa shape index (κ3) is 1.46. The molecule has 3 nitrogen and oxygen atoms in total. The van der Waals surface area contributed by atoms with Crippen LogP contribution in [0.25, 0.3) is 0 Å². The smallest absolute Gasteiger partial charge is 0.129 e. The fraction of sp³-hybridized carbons (Fsp3) is 0.545. The molecule has 1 aromatic heterocycles. The van der Waals surface area contributed by atoms with E-state index < -0.39 is 0 Å². The van der Waals surface area contributed by atoms with Gasteiger partial charge in [-0.3, -0.25) is 0 Å².